The third kappa shape index (κ3) is 5.50. The number of primary sulfonamides is 1. The molecule has 9 nitrogen and oxygen atoms in total. The Labute approximate surface area is 165 Å². The number of likely N-dealkylation sites (N-methyl/N-ethyl adjacent to an activating group) is 1. The van der Waals surface area contributed by atoms with Gasteiger partial charge in [-0.1, -0.05) is 36.4 Å². The molecular formula is C18H27N7O2S. The Hall–Kier alpha value is -2.50. The predicted molar refractivity (Wildman–Crippen MR) is 112 cm³/mol. The second-order valence-electron chi connectivity index (χ2n) is 6.39. The van der Waals surface area contributed by atoms with Gasteiger partial charge in [-0.25, -0.2) is 24.9 Å². The molecule has 0 amide bonds. The minimum absolute atomic E-state index is 0.0752. The van der Waals surface area contributed by atoms with Gasteiger partial charge in [-0.05, 0) is 36.7 Å². The molecule has 1 unspecified atom stereocenters. The van der Waals surface area contributed by atoms with Crippen molar-refractivity contribution in [1.82, 2.24) is 16.2 Å². The van der Waals surface area contributed by atoms with Crippen LogP contribution in [0.25, 0.3) is 11.1 Å². The van der Waals surface area contributed by atoms with Gasteiger partial charge in [0.2, 0.25) is 10.0 Å². The van der Waals surface area contributed by atoms with Gasteiger partial charge in [-0.3, -0.25) is 0 Å². The lowest BCUT2D eigenvalue weighted by molar-refractivity contribution is 0.523. The maximum Gasteiger partial charge on any atom is 0.238 e. The van der Waals surface area contributed by atoms with Gasteiger partial charge in [0, 0.05) is 24.7 Å². The Balaban J connectivity index is 2.41. The molecule has 0 bridgehead atoms. The highest BCUT2D eigenvalue weighted by atomic mass is 32.2. The number of nitrogens with zero attached hydrogens (tertiary/aromatic N) is 1. The number of nitrogens with two attached hydrogens (primary N) is 3. The van der Waals surface area contributed by atoms with Crippen LogP contribution in [0.5, 0.6) is 0 Å². The molecule has 0 aliphatic rings. The van der Waals surface area contributed by atoms with E-state index in [4.69, 9.17) is 16.7 Å². The fraction of sp³-hybridized carbons (Fsp3) is 0.278. The molecule has 152 valence electrons. The number of hydrazine groups is 1. The molecule has 2 rings (SSSR count). The first-order valence-corrected chi connectivity index (χ1v) is 10.2. The van der Waals surface area contributed by atoms with Crippen LogP contribution in [0.4, 0.5) is 0 Å². The van der Waals surface area contributed by atoms with Gasteiger partial charge in [0.25, 0.3) is 0 Å². The zero-order valence-electron chi connectivity index (χ0n) is 15.9. The van der Waals surface area contributed by atoms with Crippen molar-refractivity contribution >= 4 is 15.9 Å². The molecule has 0 aliphatic heterocycles. The first-order chi connectivity index (χ1) is 13.3. The third-order valence-corrected chi connectivity index (χ3v) is 5.16. The maximum absolute atomic E-state index is 12.0. The van der Waals surface area contributed by atoms with E-state index in [1.54, 1.807) is 12.1 Å². The number of benzene rings is 2. The molecular weight excluding hydrogens is 378 g/mol. The number of hydrogen-bond acceptors (Lipinski definition) is 7. The van der Waals surface area contributed by atoms with Crippen molar-refractivity contribution in [3.63, 3.8) is 0 Å². The maximum atomic E-state index is 12.0. The fourth-order valence-corrected chi connectivity index (χ4v) is 3.64. The molecule has 9 N–H and O–H groups in total. The van der Waals surface area contributed by atoms with E-state index < -0.39 is 10.0 Å². The highest BCUT2D eigenvalue weighted by Gasteiger charge is 2.21. The van der Waals surface area contributed by atoms with Gasteiger partial charge >= 0.3 is 0 Å². The third-order valence-electron chi connectivity index (χ3n) is 4.20. The molecule has 0 fully saturated rings. The summed E-state index contributed by atoms with van der Waals surface area (Å²) in [6.45, 7) is 3.69. The Morgan fingerprint density at radius 3 is 2.43 bits per heavy atom. The number of sulfonamides is 1. The summed E-state index contributed by atoms with van der Waals surface area (Å²) >= 11 is 0. The van der Waals surface area contributed by atoms with E-state index in [1.807, 2.05) is 31.3 Å². The minimum atomic E-state index is -4.00. The molecule has 2 aromatic rings. The summed E-state index contributed by atoms with van der Waals surface area (Å²) in [5, 5.41) is 15.6. The van der Waals surface area contributed by atoms with Crippen LogP contribution in [-0.2, 0) is 16.6 Å². The van der Waals surface area contributed by atoms with Crippen molar-refractivity contribution in [2.24, 2.45) is 21.8 Å². The summed E-state index contributed by atoms with van der Waals surface area (Å²) in [5.41, 5.74) is 10.7. The zero-order chi connectivity index (χ0) is 20.7. The van der Waals surface area contributed by atoms with Crippen LogP contribution in [0.15, 0.2) is 52.5 Å². The largest absolute Gasteiger partial charge is 0.382 e. The van der Waals surface area contributed by atoms with Crippen LogP contribution in [0.2, 0.25) is 0 Å². The molecule has 0 spiro atoms. The molecule has 0 saturated heterocycles. The molecule has 2 aromatic carbocycles. The second-order valence-corrected chi connectivity index (χ2v) is 7.92. The molecule has 1 atom stereocenters. The van der Waals surface area contributed by atoms with Crippen molar-refractivity contribution in [2.75, 3.05) is 13.6 Å². The zero-order valence-corrected chi connectivity index (χ0v) is 16.8. The van der Waals surface area contributed by atoms with Gasteiger partial charge in [0.05, 0.1) is 4.90 Å². The van der Waals surface area contributed by atoms with Crippen LogP contribution >= 0.6 is 0 Å². The Morgan fingerprint density at radius 1 is 1.18 bits per heavy atom. The summed E-state index contributed by atoms with van der Waals surface area (Å²) < 4.78 is 24.0. The van der Waals surface area contributed by atoms with Crippen molar-refractivity contribution in [1.29, 1.82) is 0 Å². The number of rotatable bonds is 9. The summed E-state index contributed by atoms with van der Waals surface area (Å²) in [5.74, 6) is 5.13. The first-order valence-electron chi connectivity index (χ1n) is 8.70. The van der Waals surface area contributed by atoms with Gasteiger partial charge in [0.15, 0.2) is 5.84 Å². The van der Waals surface area contributed by atoms with E-state index in [2.05, 4.69) is 28.2 Å². The van der Waals surface area contributed by atoms with Crippen molar-refractivity contribution < 1.29 is 8.42 Å². The second kappa shape index (κ2) is 9.62. The summed E-state index contributed by atoms with van der Waals surface area (Å²) in [7, 11) is -2.09. The van der Waals surface area contributed by atoms with Crippen molar-refractivity contribution in [2.45, 2.75) is 24.4 Å². The van der Waals surface area contributed by atoms with Crippen LogP contribution < -0.4 is 32.9 Å². The number of nitrogens with one attached hydrogen (secondary N) is 3. The Morgan fingerprint density at radius 2 is 1.86 bits per heavy atom. The number of hydrogen-bond donors (Lipinski definition) is 6. The SMILES string of the molecule is CNCC(C)NCc1ccc(-c2cccc(S(N)(=O)=O)c2/C(N)=N/NN)cc1. The predicted octanol–water partition coefficient (Wildman–Crippen LogP) is -0.218. The van der Waals surface area contributed by atoms with E-state index in [0.29, 0.717) is 18.2 Å². The molecule has 0 saturated carbocycles. The number of hydrazone groups is 1. The molecule has 0 aromatic heterocycles. The lowest BCUT2D eigenvalue weighted by Crippen LogP contribution is -2.34. The van der Waals surface area contributed by atoms with Crippen molar-refractivity contribution in [3.8, 4) is 11.1 Å². The van der Waals surface area contributed by atoms with Crippen LogP contribution in [0, 0.1) is 0 Å². The lowest BCUT2D eigenvalue weighted by Gasteiger charge is -2.15. The molecule has 0 radical (unpaired) electrons. The normalized spacial score (nSPS) is 13.4. The topological polar surface area (TPSA) is 161 Å². The Bertz CT molecular complexity index is 927. The summed E-state index contributed by atoms with van der Waals surface area (Å²) in [6.07, 6.45) is 0. The lowest BCUT2D eigenvalue weighted by atomic mass is 9.98. The molecule has 0 heterocycles. The summed E-state index contributed by atoms with van der Waals surface area (Å²) in [4.78, 5) is -0.117. The monoisotopic (exact) mass is 405 g/mol. The molecule has 0 aliphatic carbocycles. The van der Waals surface area contributed by atoms with E-state index in [1.165, 1.54) is 6.07 Å². The van der Waals surface area contributed by atoms with Gasteiger partial charge in [0.1, 0.15) is 0 Å². The van der Waals surface area contributed by atoms with E-state index in [0.717, 1.165) is 17.7 Å². The molecule has 10 heteroatoms. The fourth-order valence-electron chi connectivity index (χ4n) is 2.87. The van der Waals surface area contributed by atoms with Gasteiger partial charge in [-0.2, -0.15) is 0 Å². The first kappa shape index (κ1) is 21.8. The standard InChI is InChI=1S/C18H27N7O2S/c1-12(10-22-2)23-11-13-6-8-14(9-7-13)15-4-3-5-16(28(21,26)27)17(15)18(19)24-25-20/h3-9,12,22-23,25H,10-11,20H2,1-2H3,(H2,19,24)(H2,21,26,27). The van der Waals surface area contributed by atoms with Crippen LogP contribution in [0.3, 0.4) is 0 Å². The van der Waals surface area contributed by atoms with Crippen LogP contribution in [0.1, 0.15) is 18.1 Å². The van der Waals surface area contributed by atoms with Gasteiger partial charge < -0.3 is 16.4 Å². The molecule has 28 heavy (non-hydrogen) atoms. The van der Waals surface area contributed by atoms with E-state index in [-0.39, 0.29) is 16.3 Å². The van der Waals surface area contributed by atoms with Crippen LogP contribution in [-0.4, -0.2) is 33.9 Å². The quantitative estimate of drug-likeness (QED) is 0.145. The highest BCUT2D eigenvalue weighted by molar-refractivity contribution is 7.89. The van der Waals surface area contributed by atoms with Gasteiger partial charge in [-0.15, -0.1) is 5.10 Å². The van der Waals surface area contributed by atoms with E-state index in [9.17, 15) is 8.42 Å². The van der Waals surface area contributed by atoms with Crippen molar-refractivity contribution in [3.05, 3.63) is 53.6 Å². The van der Waals surface area contributed by atoms with E-state index >= 15 is 0 Å². The average Bonchev–Trinajstić information content (AvgIpc) is 2.66. The highest BCUT2D eigenvalue weighted by Crippen LogP contribution is 2.28. The Kier molecular flexibility index (Phi) is 7.49. The smallest absolute Gasteiger partial charge is 0.238 e. The number of amidine groups is 1. The average molecular weight is 406 g/mol. The summed E-state index contributed by atoms with van der Waals surface area (Å²) in [6, 6.07) is 12.8. The minimum Gasteiger partial charge on any atom is -0.382 e.